The Kier molecular flexibility index (Phi) is 6.93. The molecule has 0 saturated heterocycles. The second-order valence-electron chi connectivity index (χ2n) is 8.69. The van der Waals surface area contributed by atoms with E-state index in [1.807, 2.05) is 12.1 Å². The standard InChI is InChI=1S/C24H18N.C6H5NO2.Ir/c1-24(2)19-14-8-6-12-17(19)21-18-13-7-9-15-20(18)25-23(22(21)24)16-10-4-3-5-11-16;8-6(9)5-3-1-2-4-7-5;/h3-10,12-15H,1-2H3;1-4H,(H,8,9);/q-1;;. The van der Waals surface area contributed by atoms with Crippen LogP contribution in [0.4, 0.5) is 0 Å². The minimum absolute atomic E-state index is 0. The minimum Gasteiger partial charge on any atom is -0.477 e. The molecule has 6 rings (SSSR count). The van der Waals surface area contributed by atoms with Crippen molar-refractivity contribution < 1.29 is 30.0 Å². The van der Waals surface area contributed by atoms with Gasteiger partial charge in [-0.1, -0.05) is 62.4 Å². The molecule has 2 aromatic heterocycles. The van der Waals surface area contributed by atoms with Crippen LogP contribution in [0, 0.1) is 6.07 Å². The first-order chi connectivity index (χ1) is 16.5. The summed E-state index contributed by atoms with van der Waals surface area (Å²) < 4.78 is 0. The van der Waals surface area contributed by atoms with Crippen LogP contribution in [0.15, 0.2) is 97.2 Å². The van der Waals surface area contributed by atoms with Gasteiger partial charge < -0.3 is 5.11 Å². The summed E-state index contributed by atoms with van der Waals surface area (Å²) in [5.74, 6) is -0.990. The van der Waals surface area contributed by atoms with Crippen LogP contribution in [0.5, 0.6) is 0 Å². The molecule has 1 aliphatic carbocycles. The van der Waals surface area contributed by atoms with Gasteiger partial charge >= 0.3 is 5.97 Å². The molecule has 35 heavy (non-hydrogen) atoms. The van der Waals surface area contributed by atoms with E-state index >= 15 is 0 Å². The molecule has 0 spiro atoms. The Hall–Kier alpha value is -3.66. The van der Waals surface area contributed by atoms with E-state index < -0.39 is 5.97 Å². The van der Waals surface area contributed by atoms with Gasteiger partial charge in [0.2, 0.25) is 0 Å². The first kappa shape index (κ1) is 24.5. The molecule has 0 unspecified atom stereocenters. The number of carboxylic acid groups (broad SMARTS) is 1. The number of aromatic carboxylic acids is 1. The number of benzene rings is 3. The molecule has 0 bridgehead atoms. The van der Waals surface area contributed by atoms with Crippen LogP contribution in [0.3, 0.4) is 0 Å². The van der Waals surface area contributed by atoms with Crippen molar-refractivity contribution in [1.29, 1.82) is 0 Å². The predicted octanol–water partition coefficient (Wildman–Crippen LogP) is 6.79. The number of rotatable bonds is 2. The van der Waals surface area contributed by atoms with Gasteiger partial charge in [0.1, 0.15) is 5.69 Å². The number of aromatic nitrogens is 2. The van der Waals surface area contributed by atoms with Gasteiger partial charge in [0.25, 0.3) is 0 Å². The van der Waals surface area contributed by atoms with Gasteiger partial charge in [-0.2, -0.15) is 0 Å². The Morgan fingerprint density at radius 1 is 0.886 bits per heavy atom. The molecule has 1 aliphatic rings. The van der Waals surface area contributed by atoms with Gasteiger partial charge in [-0.05, 0) is 46.1 Å². The van der Waals surface area contributed by atoms with Gasteiger partial charge in [0.05, 0.1) is 5.52 Å². The maximum atomic E-state index is 10.1. The van der Waals surface area contributed by atoms with Gasteiger partial charge in [-0.15, -0.1) is 35.9 Å². The van der Waals surface area contributed by atoms with Crippen molar-refractivity contribution in [2.24, 2.45) is 0 Å². The van der Waals surface area contributed by atoms with Crippen LogP contribution >= 0.6 is 0 Å². The molecule has 0 amide bonds. The van der Waals surface area contributed by atoms with Crippen molar-refractivity contribution in [3.63, 3.8) is 0 Å². The van der Waals surface area contributed by atoms with Crippen molar-refractivity contribution in [3.05, 3.63) is 120 Å². The van der Waals surface area contributed by atoms with Crippen molar-refractivity contribution in [1.82, 2.24) is 9.97 Å². The molecule has 4 nitrogen and oxygen atoms in total. The van der Waals surface area contributed by atoms with E-state index in [-0.39, 0.29) is 31.2 Å². The van der Waals surface area contributed by atoms with E-state index in [0.717, 1.165) is 16.8 Å². The first-order valence-electron chi connectivity index (χ1n) is 11.1. The molecule has 1 N–H and O–H groups in total. The normalized spacial score (nSPS) is 12.5. The molecule has 0 aliphatic heterocycles. The maximum absolute atomic E-state index is 10.1. The SMILES string of the molecule is CC1(C)c2ccccc2-c2c1c(-c1[c-]cccc1)nc1ccccc21.O=C(O)c1ccccn1.[Ir]. The number of nitrogens with zero attached hydrogens (tertiary/aromatic N) is 2. The van der Waals surface area contributed by atoms with Crippen molar-refractivity contribution in [2.75, 3.05) is 0 Å². The van der Waals surface area contributed by atoms with Gasteiger partial charge in [-0.25, -0.2) is 9.78 Å². The molecular formula is C30H23IrN2O2-. The van der Waals surface area contributed by atoms with Crippen molar-refractivity contribution in [3.8, 4) is 22.4 Å². The molecule has 5 aromatic rings. The molecule has 0 atom stereocenters. The fourth-order valence-corrected chi connectivity index (χ4v) is 4.71. The first-order valence-corrected chi connectivity index (χ1v) is 11.1. The summed E-state index contributed by atoms with van der Waals surface area (Å²) >= 11 is 0. The Morgan fingerprint density at radius 2 is 1.60 bits per heavy atom. The Bertz CT molecular complexity index is 1500. The molecule has 1 radical (unpaired) electrons. The summed E-state index contributed by atoms with van der Waals surface area (Å²) in [5.41, 5.74) is 8.51. The number of carboxylic acids is 1. The van der Waals surface area contributed by atoms with E-state index in [4.69, 9.17) is 10.1 Å². The van der Waals surface area contributed by atoms with Crippen LogP contribution in [0.25, 0.3) is 33.3 Å². The van der Waals surface area contributed by atoms with E-state index in [2.05, 4.69) is 85.6 Å². The van der Waals surface area contributed by atoms with E-state index in [9.17, 15) is 4.79 Å². The van der Waals surface area contributed by atoms with E-state index in [1.54, 1.807) is 12.1 Å². The molecule has 2 heterocycles. The topological polar surface area (TPSA) is 63.1 Å². The van der Waals surface area contributed by atoms with Crippen molar-refractivity contribution >= 4 is 16.9 Å². The van der Waals surface area contributed by atoms with Crippen LogP contribution in [-0.4, -0.2) is 21.0 Å². The summed E-state index contributed by atoms with van der Waals surface area (Å²) in [5, 5.41) is 9.55. The number of hydrogen-bond acceptors (Lipinski definition) is 3. The average Bonchev–Trinajstić information content (AvgIpc) is 3.13. The average molecular weight is 636 g/mol. The van der Waals surface area contributed by atoms with E-state index in [0.29, 0.717) is 0 Å². The molecule has 0 fully saturated rings. The molecule has 0 saturated carbocycles. The monoisotopic (exact) mass is 636 g/mol. The number of para-hydroxylation sites is 1. The Morgan fingerprint density at radius 3 is 2.29 bits per heavy atom. The quantitative estimate of drug-likeness (QED) is 0.217. The second kappa shape index (κ2) is 9.91. The largest absolute Gasteiger partial charge is 0.477 e. The van der Waals surface area contributed by atoms with Crippen LogP contribution in [-0.2, 0) is 25.5 Å². The fourth-order valence-electron chi connectivity index (χ4n) is 4.71. The number of fused-ring (bicyclic) bond motifs is 5. The summed E-state index contributed by atoms with van der Waals surface area (Å²) in [7, 11) is 0. The Balaban J connectivity index is 0.000000247. The minimum atomic E-state index is -0.990. The second-order valence-corrected chi connectivity index (χ2v) is 8.69. The number of pyridine rings is 2. The molecule has 175 valence electrons. The van der Waals surface area contributed by atoms with Crippen LogP contribution in [0.2, 0.25) is 0 Å². The third kappa shape index (κ3) is 4.41. The third-order valence-electron chi connectivity index (χ3n) is 6.24. The number of hydrogen-bond donors (Lipinski definition) is 1. The fraction of sp³-hybridized carbons (Fsp3) is 0.100. The summed E-state index contributed by atoms with van der Waals surface area (Å²) in [6, 6.07) is 33.5. The molecular weight excluding hydrogens is 613 g/mol. The summed E-state index contributed by atoms with van der Waals surface area (Å²) in [6.45, 7) is 4.61. The van der Waals surface area contributed by atoms with E-state index in [1.165, 1.54) is 39.9 Å². The predicted molar refractivity (Wildman–Crippen MR) is 135 cm³/mol. The van der Waals surface area contributed by atoms with Crippen LogP contribution < -0.4 is 0 Å². The van der Waals surface area contributed by atoms with Gasteiger partial charge in [0.15, 0.2) is 0 Å². The van der Waals surface area contributed by atoms with Gasteiger partial charge in [0, 0.05) is 37.1 Å². The van der Waals surface area contributed by atoms with Crippen molar-refractivity contribution in [2.45, 2.75) is 19.3 Å². The zero-order chi connectivity index (χ0) is 23.7. The maximum Gasteiger partial charge on any atom is 0.354 e. The summed E-state index contributed by atoms with van der Waals surface area (Å²) in [6.07, 6.45) is 1.45. The smallest absolute Gasteiger partial charge is 0.354 e. The summed E-state index contributed by atoms with van der Waals surface area (Å²) in [4.78, 5) is 18.8. The third-order valence-corrected chi connectivity index (χ3v) is 6.24. The zero-order valence-corrected chi connectivity index (χ0v) is 21.7. The van der Waals surface area contributed by atoms with Gasteiger partial charge in [-0.3, -0.25) is 4.98 Å². The zero-order valence-electron chi connectivity index (χ0n) is 19.3. The number of carbonyl (C=O) groups is 1. The Labute approximate surface area is 218 Å². The van der Waals surface area contributed by atoms with Crippen LogP contribution in [0.1, 0.15) is 35.5 Å². The molecule has 3 aromatic carbocycles. The molecule has 5 heteroatoms.